The van der Waals surface area contributed by atoms with Crippen LogP contribution in [-0.2, 0) is 9.63 Å². The summed E-state index contributed by atoms with van der Waals surface area (Å²) in [5, 5.41) is 6.20. The average Bonchev–Trinajstić information content (AvgIpc) is 2.62. The standard InChI is InChI=1S/C19H20ClFN2O4/c1-12(2)27-17-7-4-13(8-18(17)25-3)10-22-26-11-19(24)23-14-5-6-16(21)15(20)9-14/h4-10,12H,11H2,1-3H3,(H,23,24)/b22-10-. The molecule has 0 atom stereocenters. The summed E-state index contributed by atoms with van der Waals surface area (Å²) in [5.41, 5.74) is 1.08. The number of methoxy groups -OCH3 is 1. The molecule has 2 rings (SSSR count). The van der Waals surface area contributed by atoms with Crippen molar-refractivity contribution in [3.05, 3.63) is 52.8 Å². The van der Waals surface area contributed by atoms with E-state index < -0.39 is 11.7 Å². The minimum Gasteiger partial charge on any atom is -0.493 e. The summed E-state index contributed by atoms with van der Waals surface area (Å²) in [6.45, 7) is 3.54. The monoisotopic (exact) mass is 394 g/mol. The lowest BCUT2D eigenvalue weighted by Crippen LogP contribution is -2.17. The molecule has 1 amide bonds. The number of oxime groups is 1. The zero-order chi connectivity index (χ0) is 19.8. The lowest BCUT2D eigenvalue weighted by molar-refractivity contribution is -0.120. The van der Waals surface area contributed by atoms with E-state index in [-0.39, 0.29) is 17.7 Å². The minimum absolute atomic E-state index is 0.0243. The first-order chi connectivity index (χ1) is 12.9. The van der Waals surface area contributed by atoms with Crippen molar-refractivity contribution >= 4 is 29.4 Å². The van der Waals surface area contributed by atoms with Crippen molar-refractivity contribution in [1.82, 2.24) is 0 Å². The first kappa shape index (κ1) is 20.5. The van der Waals surface area contributed by atoms with Crippen molar-refractivity contribution < 1.29 is 23.5 Å². The number of ether oxygens (including phenoxy) is 2. The van der Waals surface area contributed by atoms with E-state index in [2.05, 4.69) is 10.5 Å². The number of halogens is 2. The smallest absolute Gasteiger partial charge is 0.265 e. The number of nitrogens with zero attached hydrogens (tertiary/aromatic N) is 1. The van der Waals surface area contributed by atoms with Crippen LogP contribution in [0.4, 0.5) is 10.1 Å². The highest BCUT2D eigenvalue weighted by molar-refractivity contribution is 6.31. The van der Waals surface area contributed by atoms with Gasteiger partial charge in [-0.2, -0.15) is 0 Å². The SMILES string of the molecule is COc1cc(/C=N\OCC(=O)Nc2ccc(F)c(Cl)c2)ccc1OC(C)C. The van der Waals surface area contributed by atoms with E-state index in [1.54, 1.807) is 25.3 Å². The second kappa shape index (κ2) is 9.78. The highest BCUT2D eigenvalue weighted by atomic mass is 35.5. The topological polar surface area (TPSA) is 69.2 Å². The van der Waals surface area contributed by atoms with Gasteiger partial charge in [0, 0.05) is 11.3 Å². The molecule has 0 aliphatic heterocycles. The maximum absolute atomic E-state index is 13.1. The fraction of sp³-hybridized carbons (Fsp3) is 0.263. The summed E-state index contributed by atoms with van der Waals surface area (Å²) < 4.78 is 24.0. The number of carbonyl (C=O) groups is 1. The number of hydrogen-bond acceptors (Lipinski definition) is 5. The Morgan fingerprint density at radius 3 is 2.70 bits per heavy atom. The van der Waals surface area contributed by atoms with Crippen LogP contribution in [0.5, 0.6) is 11.5 Å². The largest absolute Gasteiger partial charge is 0.493 e. The van der Waals surface area contributed by atoms with Gasteiger partial charge in [-0.15, -0.1) is 0 Å². The van der Waals surface area contributed by atoms with Crippen LogP contribution in [0.1, 0.15) is 19.4 Å². The van der Waals surface area contributed by atoms with Crippen molar-refractivity contribution in [3.8, 4) is 11.5 Å². The van der Waals surface area contributed by atoms with Gasteiger partial charge in [-0.25, -0.2) is 4.39 Å². The number of nitrogens with one attached hydrogen (secondary N) is 1. The Bertz CT molecular complexity index is 827. The first-order valence-corrected chi connectivity index (χ1v) is 8.51. The Morgan fingerprint density at radius 2 is 2.04 bits per heavy atom. The average molecular weight is 395 g/mol. The van der Waals surface area contributed by atoms with Crippen molar-refractivity contribution in [3.63, 3.8) is 0 Å². The van der Waals surface area contributed by atoms with Crippen molar-refractivity contribution in [2.45, 2.75) is 20.0 Å². The Hall–Kier alpha value is -2.80. The van der Waals surface area contributed by atoms with Crippen molar-refractivity contribution in [2.24, 2.45) is 5.16 Å². The lowest BCUT2D eigenvalue weighted by atomic mass is 10.2. The van der Waals surface area contributed by atoms with Gasteiger partial charge < -0.3 is 19.6 Å². The van der Waals surface area contributed by atoms with Crippen LogP contribution in [0.3, 0.4) is 0 Å². The zero-order valence-corrected chi connectivity index (χ0v) is 15.9. The fourth-order valence-corrected chi connectivity index (χ4v) is 2.26. The molecule has 2 aromatic carbocycles. The molecule has 1 N–H and O–H groups in total. The van der Waals surface area contributed by atoms with Crippen LogP contribution in [-0.4, -0.2) is 31.9 Å². The molecule has 0 unspecified atom stereocenters. The molecule has 0 bridgehead atoms. The summed E-state index contributed by atoms with van der Waals surface area (Å²) >= 11 is 5.66. The number of rotatable bonds is 8. The molecule has 0 saturated carbocycles. The fourth-order valence-electron chi connectivity index (χ4n) is 2.08. The molecule has 0 aromatic heterocycles. The van der Waals surface area contributed by atoms with Gasteiger partial charge in [0.2, 0.25) is 0 Å². The molecule has 0 fully saturated rings. The Kier molecular flexibility index (Phi) is 7.43. The van der Waals surface area contributed by atoms with Gasteiger partial charge in [0.05, 0.1) is 24.5 Å². The van der Waals surface area contributed by atoms with Gasteiger partial charge >= 0.3 is 0 Å². The number of hydrogen-bond donors (Lipinski definition) is 1. The molecular formula is C19H20ClFN2O4. The molecule has 144 valence electrons. The van der Waals surface area contributed by atoms with Crippen LogP contribution in [0.2, 0.25) is 5.02 Å². The van der Waals surface area contributed by atoms with Crippen LogP contribution in [0, 0.1) is 5.82 Å². The van der Waals surface area contributed by atoms with E-state index >= 15 is 0 Å². The van der Waals surface area contributed by atoms with Gasteiger partial charge in [0.15, 0.2) is 18.1 Å². The Morgan fingerprint density at radius 1 is 1.26 bits per heavy atom. The molecule has 6 nitrogen and oxygen atoms in total. The third kappa shape index (κ3) is 6.45. The third-order valence-corrected chi connectivity index (χ3v) is 3.52. The molecule has 27 heavy (non-hydrogen) atoms. The number of benzene rings is 2. The summed E-state index contributed by atoms with van der Waals surface area (Å²) in [5.74, 6) is 0.185. The summed E-state index contributed by atoms with van der Waals surface area (Å²) in [4.78, 5) is 16.8. The highest BCUT2D eigenvalue weighted by Crippen LogP contribution is 2.28. The van der Waals surface area contributed by atoms with Gasteiger partial charge in [-0.1, -0.05) is 16.8 Å². The molecule has 0 saturated heterocycles. The second-order valence-electron chi connectivity index (χ2n) is 5.76. The second-order valence-corrected chi connectivity index (χ2v) is 6.17. The third-order valence-electron chi connectivity index (χ3n) is 3.23. The lowest BCUT2D eigenvalue weighted by Gasteiger charge is -2.13. The van der Waals surface area contributed by atoms with E-state index in [1.165, 1.54) is 18.3 Å². The van der Waals surface area contributed by atoms with Crippen LogP contribution >= 0.6 is 11.6 Å². The molecule has 0 heterocycles. The van der Waals surface area contributed by atoms with Crippen molar-refractivity contribution in [1.29, 1.82) is 0 Å². The predicted octanol–water partition coefficient (Wildman–Crippen LogP) is 4.26. The zero-order valence-electron chi connectivity index (χ0n) is 15.2. The molecule has 0 aliphatic rings. The van der Waals surface area contributed by atoms with Crippen LogP contribution in [0.15, 0.2) is 41.6 Å². The quantitative estimate of drug-likeness (QED) is 0.536. The summed E-state index contributed by atoms with van der Waals surface area (Å²) in [7, 11) is 1.55. The molecule has 2 aromatic rings. The first-order valence-electron chi connectivity index (χ1n) is 8.14. The maximum atomic E-state index is 13.1. The molecular weight excluding hydrogens is 375 g/mol. The highest BCUT2D eigenvalue weighted by Gasteiger charge is 2.08. The molecule has 0 aliphatic carbocycles. The van der Waals surface area contributed by atoms with Gasteiger partial charge in [-0.05, 0) is 50.2 Å². The maximum Gasteiger partial charge on any atom is 0.265 e. The summed E-state index contributed by atoms with van der Waals surface area (Å²) in [6, 6.07) is 9.17. The van der Waals surface area contributed by atoms with E-state index in [1.807, 2.05) is 13.8 Å². The number of anilines is 1. The van der Waals surface area contributed by atoms with Crippen LogP contribution < -0.4 is 14.8 Å². The van der Waals surface area contributed by atoms with Crippen molar-refractivity contribution in [2.75, 3.05) is 19.0 Å². The normalized spacial score (nSPS) is 10.9. The number of carbonyl (C=O) groups excluding carboxylic acids is 1. The molecule has 0 spiro atoms. The number of amides is 1. The van der Waals surface area contributed by atoms with Gasteiger partial charge in [-0.3, -0.25) is 4.79 Å². The van der Waals surface area contributed by atoms with E-state index in [9.17, 15) is 9.18 Å². The van der Waals surface area contributed by atoms with Gasteiger partial charge in [0.25, 0.3) is 5.91 Å². The van der Waals surface area contributed by atoms with Gasteiger partial charge in [0.1, 0.15) is 5.82 Å². The van der Waals surface area contributed by atoms with Crippen LogP contribution in [0.25, 0.3) is 0 Å². The minimum atomic E-state index is -0.559. The molecule has 0 radical (unpaired) electrons. The molecule has 8 heteroatoms. The van der Waals surface area contributed by atoms with E-state index in [0.29, 0.717) is 22.7 Å². The Labute approximate surface area is 161 Å². The Balaban J connectivity index is 1.87. The summed E-state index contributed by atoms with van der Waals surface area (Å²) in [6.07, 6.45) is 1.47. The predicted molar refractivity (Wildman–Crippen MR) is 102 cm³/mol. The van der Waals surface area contributed by atoms with E-state index in [0.717, 1.165) is 6.07 Å². The van der Waals surface area contributed by atoms with E-state index in [4.69, 9.17) is 25.9 Å².